The summed E-state index contributed by atoms with van der Waals surface area (Å²) in [6, 6.07) is 3.52. The van der Waals surface area contributed by atoms with Gasteiger partial charge in [0.15, 0.2) is 5.84 Å². The van der Waals surface area contributed by atoms with E-state index in [2.05, 4.69) is 14.8 Å². The maximum Gasteiger partial charge on any atom is 0.346 e. The smallest absolute Gasteiger partial charge is 0.346 e. The first kappa shape index (κ1) is 23.8. The maximum atomic E-state index is 13.4. The average Bonchev–Trinajstić information content (AvgIpc) is 3.43. The molecule has 180 valence electrons. The first-order valence-corrected chi connectivity index (χ1v) is 14.2. The van der Waals surface area contributed by atoms with E-state index in [0.717, 1.165) is 25.5 Å². The highest BCUT2D eigenvalue weighted by atomic mass is 32.2. The van der Waals surface area contributed by atoms with Crippen molar-refractivity contribution in [2.24, 2.45) is 16.1 Å². The normalized spacial score (nSPS) is 25.6. The van der Waals surface area contributed by atoms with Crippen molar-refractivity contribution in [2.75, 3.05) is 22.8 Å². The summed E-state index contributed by atoms with van der Waals surface area (Å²) in [4.78, 5) is 25.7. The Morgan fingerprint density at radius 2 is 1.97 bits per heavy atom. The van der Waals surface area contributed by atoms with Crippen LogP contribution in [0.3, 0.4) is 0 Å². The van der Waals surface area contributed by atoms with E-state index in [4.69, 9.17) is 0 Å². The second-order valence-corrected chi connectivity index (χ2v) is 13.5. The standard InChI is InChI=1S/C21H29N4O6PS/c1-21(2,3)18-17(26)16(20(27)25(18)10-9-12-5-6-12)19-22-14-8-7-13(24-33(4,30)31)11-15(14)32(28,29)23-19/h7-8,11-12,18,24,26H,5-6,9-10H2,1-4H3,(H2,22,23,28,29)/t18-/m1/s1. The van der Waals surface area contributed by atoms with Crippen molar-refractivity contribution in [1.82, 2.24) is 4.90 Å². The van der Waals surface area contributed by atoms with E-state index in [-0.39, 0.29) is 33.8 Å². The minimum atomic E-state index is -4.36. The zero-order chi connectivity index (χ0) is 24.3. The van der Waals surface area contributed by atoms with E-state index in [1.54, 1.807) is 4.90 Å². The number of amides is 1. The fraction of sp³-hybridized carbons (Fsp3) is 0.524. The van der Waals surface area contributed by atoms with Gasteiger partial charge in [0.05, 0.1) is 23.3 Å². The first-order chi connectivity index (χ1) is 15.2. The summed E-state index contributed by atoms with van der Waals surface area (Å²) in [5, 5.41) is 13.9. The van der Waals surface area contributed by atoms with Crippen LogP contribution in [-0.2, 0) is 19.4 Å². The second-order valence-electron chi connectivity index (χ2n) is 9.98. The van der Waals surface area contributed by atoms with Gasteiger partial charge in [0.25, 0.3) is 5.91 Å². The summed E-state index contributed by atoms with van der Waals surface area (Å²) >= 11 is 0. The lowest BCUT2D eigenvalue weighted by atomic mass is 9.85. The number of hydrogen-bond acceptors (Lipinski definition) is 6. The van der Waals surface area contributed by atoms with Crippen molar-refractivity contribution in [3.63, 3.8) is 0 Å². The van der Waals surface area contributed by atoms with Crippen LogP contribution in [0.1, 0.15) is 40.0 Å². The van der Waals surface area contributed by atoms with Crippen molar-refractivity contribution in [2.45, 2.75) is 46.1 Å². The molecule has 12 heteroatoms. The SMILES string of the molecule is CC(C)(C)[C@H]1C(O)=C(C2=NP(=O)(O)c3cc(NS(C)(=O)=O)ccc3N2)C(=O)N1CCC1CC1. The van der Waals surface area contributed by atoms with Gasteiger partial charge in [0.2, 0.25) is 10.0 Å². The lowest BCUT2D eigenvalue weighted by Gasteiger charge is -2.35. The summed E-state index contributed by atoms with van der Waals surface area (Å²) in [7, 11) is -7.94. The summed E-state index contributed by atoms with van der Waals surface area (Å²) in [5.41, 5.74) is -0.248. The molecule has 4 N–H and O–H groups in total. The third-order valence-electron chi connectivity index (χ3n) is 5.94. The summed E-state index contributed by atoms with van der Waals surface area (Å²) in [6.07, 6.45) is 4.10. The Balaban J connectivity index is 1.71. The molecule has 3 aliphatic rings. The number of hydrogen-bond donors (Lipinski definition) is 4. The zero-order valence-electron chi connectivity index (χ0n) is 19.0. The molecule has 1 fully saturated rings. The van der Waals surface area contributed by atoms with Crippen LogP contribution in [0.2, 0.25) is 0 Å². The number of sulfonamides is 1. The van der Waals surface area contributed by atoms with Crippen LogP contribution in [0.25, 0.3) is 0 Å². The molecule has 1 amide bonds. The molecule has 1 aromatic carbocycles. The molecule has 10 nitrogen and oxygen atoms in total. The van der Waals surface area contributed by atoms with E-state index < -0.39 is 34.9 Å². The zero-order valence-corrected chi connectivity index (χ0v) is 20.7. The predicted molar refractivity (Wildman–Crippen MR) is 127 cm³/mol. The van der Waals surface area contributed by atoms with Crippen molar-refractivity contribution >= 4 is 46.0 Å². The van der Waals surface area contributed by atoms with Crippen LogP contribution in [0.4, 0.5) is 11.4 Å². The van der Waals surface area contributed by atoms with Gasteiger partial charge in [0, 0.05) is 12.2 Å². The molecule has 4 rings (SSSR count). The number of aliphatic hydroxyl groups is 1. The highest BCUT2D eigenvalue weighted by Gasteiger charge is 2.48. The van der Waals surface area contributed by atoms with Gasteiger partial charge in [0.1, 0.15) is 11.3 Å². The third kappa shape index (κ3) is 4.81. The Kier molecular flexibility index (Phi) is 5.66. The number of nitrogens with zero attached hydrogens (tertiary/aromatic N) is 2. The van der Waals surface area contributed by atoms with E-state index in [1.807, 2.05) is 20.8 Å². The largest absolute Gasteiger partial charge is 0.509 e. The van der Waals surface area contributed by atoms with Gasteiger partial charge < -0.3 is 20.2 Å². The molecule has 0 aromatic heterocycles. The molecular formula is C21H29N4O6PS. The fourth-order valence-corrected chi connectivity index (χ4v) is 6.16. The highest BCUT2D eigenvalue weighted by molar-refractivity contribution is 7.92. The van der Waals surface area contributed by atoms with Gasteiger partial charge in [-0.05, 0) is 36.0 Å². The molecule has 0 spiro atoms. The molecule has 1 aromatic rings. The number of aliphatic hydroxyl groups excluding tert-OH is 1. The fourth-order valence-electron chi connectivity index (χ4n) is 4.32. The van der Waals surface area contributed by atoms with Crippen LogP contribution in [0, 0.1) is 11.3 Å². The van der Waals surface area contributed by atoms with Gasteiger partial charge in [-0.1, -0.05) is 33.6 Å². The molecule has 2 aliphatic heterocycles. The van der Waals surface area contributed by atoms with Crippen LogP contribution in [0.15, 0.2) is 34.3 Å². The molecule has 33 heavy (non-hydrogen) atoms. The number of anilines is 2. The molecule has 1 aliphatic carbocycles. The molecule has 2 atom stereocenters. The number of benzene rings is 1. The number of nitrogens with one attached hydrogen (secondary N) is 2. The number of carbonyl (C=O) groups excluding carboxylic acids is 1. The lowest BCUT2D eigenvalue weighted by molar-refractivity contribution is -0.128. The highest BCUT2D eigenvalue weighted by Crippen LogP contribution is 2.48. The van der Waals surface area contributed by atoms with E-state index >= 15 is 0 Å². The third-order valence-corrected chi connectivity index (χ3v) is 8.01. The molecule has 0 saturated heterocycles. The van der Waals surface area contributed by atoms with Crippen LogP contribution in [-0.4, -0.2) is 53.9 Å². The molecule has 0 radical (unpaired) electrons. The summed E-state index contributed by atoms with van der Waals surface area (Å²) in [6.45, 7) is 6.26. The number of fused-ring (bicyclic) bond motifs is 1. The Bertz CT molecular complexity index is 1230. The van der Waals surface area contributed by atoms with Gasteiger partial charge in [-0.3, -0.25) is 14.1 Å². The maximum absolute atomic E-state index is 13.4. The van der Waals surface area contributed by atoms with Crippen molar-refractivity contribution in [3.8, 4) is 0 Å². The minimum Gasteiger partial charge on any atom is -0.509 e. The van der Waals surface area contributed by atoms with E-state index in [1.165, 1.54) is 18.2 Å². The average molecular weight is 497 g/mol. The topological polar surface area (TPSA) is 148 Å². The van der Waals surface area contributed by atoms with E-state index in [0.29, 0.717) is 12.5 Å². The van der Waals surface area contributed by atoms with Gasteiger partial charge in [-0.2, -0.15) is 4.76 Å². The molecule has 1 saturated carbocycles. The molecule has 1 unspecified atom stereocenters. The summed E-state index contributed by atoms with van der Waals surface area (Å²) < 4.78 is 42.2. The van der Waals surface area contributed by atoms with Gasteiger partial charge >= 0.3 is 7.52 Å². The first-order valence-electron chi connectivity index (χ1n) is 10.7. The van der Waals surface area contributed by atoms with E-state index in [9.17, 15) is 27.8 Å². The van der Waals surface area contributed by atoms with Gasteiger partial charge in [-0.15, -0.1) is 0 Å². The molecule has 0 bridgehead atoms. The van der Waals surface area contributed by atoms with Crippen LogP contribution in [0.5, 0.6) is 0 Å². The predicted octanol–water partition coefficient (Wildman–Crippen LogP) is 2.56. The lowest BCUT2D eigenvalue weighted by Crippen LogP contribution is -2.44. The summed E-state index contributed by atoms with van der Waals surface area (Å²) in [5.74, 6) is -0.177. The van der Waals surface area contributed by atoms with Crippen LogP contribution >= 0.6 is 7.52 Å². The molecular weight excluding hydrogens is 467 g/mol. The quantitative estimate of drug-likeness (QED) is 0.442. The minimum absolute atomic E-state index is 0.0941. The van der Waals surface area contributed by atoms with Crippen LogP contribution < -0.4 is 15.3 Å². The number of rotatable bonds is 6. The van der Waals surface area contributed by atoms with Gasteiger partial charge in [-0.25, -0.2) is 8.42 Å². The van der Waals surface area contributed by atoms with Crippen molar-refractivity contribution in [1.29, 1.82) is 0 Å². The Labute approximate surface area is 193 Å². The Hall–Kier alpha value is -2.36. The van der Waals surface area contributed by atoms with Crippen molar-refractivity contribution in [3.05, 3.63) is 29.5 Å². The van der Waals surface area contributed by atoms with Crippen molar-refractivity contribution < 1.29 is 27.8 Å². The monoisotopic (exact) mass is 496 g/mol. The number of amidine groups is 1. The Morgan fingerprint density at radius 3 is 2.55 bits per heavy atom. The number of carbonyl (C=O) groups is 1. The Morgan fingerprint density at radius 1 is 1.30 bits per heavy atom. The second kappa shape index (κ2) is 7.85. The molecule has 2 heterocycles.